The third-order valence-electron chi connectivity index (χ3n) is 3.77. The number of amides is 2. The first-order chi connectivity index (χ1) is 12.0. The van der Waals surface area contributed by atoms with Crippen molar-refractivity contribution in [2.24, 2.45) is 0 Å². The third-order valence-corrected chi connectivity index (χ3v) is 3.77. The van der Waals surface area contributed by atoms with Gasteiger partial charge in [0.05, 0.1) is 25.0 Å². The van der Waals surface area contributed by atoms with E-state index in [9.17, 15) is 9.59 Å². The van der Waals surface area contributed by atoms with Gasteiger partial charge in [-0.2, -0.15) is 0 Å². The minimum atomic E-state index is -0.162. The quantitative estimate of drug-likeness (QED) is 0.751. The molecule has 2 amide bonds. The number of ether oxygens (including phenoxy) is 1. The van der Waals surface area contributed by atoms with Crippen LogP contribution in [0.25, 0.3) is 0 Å². The predicted molar refractivity (Wildman–Crippen MR) is 91.1 cm³/mol. The lowest BCUT2D eigenvalue weighted by molar-refractivity contribution is -0.121. The number of rotatable bonds is 9. The molecule has 0 saturated heterocycles. The predicted octanol–water partition coefficient (Wildman–Crippen LogP) is 2.28. The van der Waals surface area contributed by atoms with E-state index in [1.54, 1.807) is 50.3 Å². The van der Waals surface area contributed by atoms with Crippen molar-refractivity contribution >= 4 is 11.8 Å². The Labute approximate surface area is 146 Å². The molecule has 0 atom stereocenters. The van der Waals surface area contributed by atoms with Crippen LogP contribution >= 0.6 is 0 Å². The molecular formula is C18H24N2O5. The smallest absolute Gasteiger partial charge is 0.257 e. The van der Waals surface area contributed by atoms with Crippen molar-refractivity contribution in [3.8, 4) is 0 Å². The normalized spacial score (nSPS) is 10.7. The topological polar surface area (TPSA) is 84.9 Å². The number of aryl methyl sites for hydroxylation is 2. The van der Waals surface area contributed by atoms with Gasteiger partial charge in [-0.1, -0.05) is 0 Å². The van der Waals surface area contributed by atoms with Gasteiger partial charge in [-0.3, -0.25) is 9.59 Å². The Balaban J connectivity index is 1.91. The van der Waals surface area contributed by atoms with E-state index in [2.05, 4.69) is 5.32 Å². The maximum atomic E-state index is 12.7. The van der Waals surface area contributed by atoms with E-state index < -0.39 is 0 Å². The third kappa shape index (κ3) is 5.49. The van der Waals surface area contributed by atoms with Crippen molar-refractivity contribution in [3.63, 3.8) is 0 Å². The average Bonchev–Trinajstić information content (AvgIpc) is 3.21. The number of furan rings is 2. The molecule has 2 aromatic heterocycles. The molecule has 7 nitrogen and oxygen atoms in total. The summed E-state index contributed by atoms with van der Waals surface area (Å²) in [5.41, 5.74) is 0.518. The Morgan fingerprint density at radius 2 is 2.08 bits per heavy atom. The number of hydrogen-bond donors (Lipinski definition) is 1. The fraction of sp³-hybridized carbons (Fsp3) is 0.444. The highest BCUT2D eigenvalue weighted by Crippen LogP contribution is 2.16. The van der Waals surface area contributed by atoms with Crippen molar-refractivity contribution in [1.29, 1.82) is 0 Å². The first-order valence-corrected chi connectivity index (χ1v) is 8.15. The molecule has 1 N–H and O–H groups in total. The SMILES string of the molecule is COCCN(CCC(=O)NCc1ccco1)C(=O)c1cc(C)oc1C. The first-order valence-electron chi connectivity index (χ1n) is 8.15. The Kier molecular flexibility index (Phi) is 6.82. The van der Waals surface area contributed by atoms with Crippen LogP contribution in [0.5, 0.6) is 0 Å². The minimum Gasteiger partial charge on any atom is -0.467 e. The van der Waals surface area contributed by atoms with Crippen LogP contribution in [-0.2, 0) is 16.1 Å². The lowest BCUT2D eigenvalue weighted by Crippen LogP contribution is -2.37. The monoisotopic (exact) mass is 348 g/mol. The highest BCUT2D eigenvalue weighted by atomic mass is 16.5. The van der Waals surface area contributed by atoms with Crippen molar-refractivity contribution in [2.75, 3.05) is 26.8 Å². The highest BCUT2D eigenvalue weighted by molar-refractivity contribution is 5.95. The van der Waals surface area contributed by atoms with Gasteiger partial charge in [0.25, 0.3) is 5.91 Å². The van der Waals surface area contributed by atoms with Gasteiger partial charge in [0.2, 0.25) is 5.91 Å². The number of nitrogens with one attached hydrogen (secondary N) is 1. The maximum Gasteiger partial charge on any atom is 0.257 e. The molecule has 0 spiro atoms. The van der Waals surface area contributed by atoms with Crippen LogP contribution in [0.2, 0.25) is 0 Å². The Hall–Kier alpha value is -2.54. The van der Waals surface area contributed by atoms with Crippen LogP contribution < -0.4 is 5.32 Å². The largest absolute Gasteiger partial charge is 0.467 e. The Morgan fingerprint density at radius 3 is 2.68 bits per heavy atom. The fourth-order valence-electron chi connectivity index (χ4n) is 2.45. The molecular weight excluding hydrogens is 324 g/mol. The fourth-order valence-corrected chi connectivity index (χ4v) is 2.45. The van der Waals surface area contributed by atoms with Gasteiger partial charge < -0.3 is 23.8 Å². The summed E-state index contributed by atoms with van der Waals surface area (Å²) in [4.78, 5) is 26.3. The zero-order valence-corrected chi connectivity index (χ0v) is 14.8. The summed E-state index contributed by atoms with van der Waals surface area (Å²) in [5.74, 6) is 1.64. The molecule has 0 unspecified atom stereocenters. The molecule has 0 bridgehead atoms. The van der Waals surface area contributed by atoms with E-state index in [4.69, 9.17) is 13.6 Å². The van der Waals surface area contributed by atoms with Crippen LogP contribution in [0, 0.1) is 13.8 Å². The molecule has 0 fully saturated rings. The van der Waals surface area contributed by atoms with E-state index in [0.717, 1.165) is 0 Å². The van der Waals surface area contributed by atoms with Crippen LogP contribution in [-0.4, -0.2) is 43.5 Å². The molecule has 7 heteroatoms. The van der Waals surface area contributed by atoms with Gasteiger partial charge in [-0.15, -0.1) is 0 Å². The van der Waals surface area contributed by atoms with Gasteiger partial charge in [0, 0.05) is 26.6 Å². The van der Waals surface area contributed by atoms with E-state index in [1.807, 2.05) is 0 Å². The van der Waals surface area contributed by atoms with Crippen molar-refractivity contribution in [2.45, 2.75) is 26.8 Å². The summed E-state index contributed by atoms with van der Waals surface area (Å²) in [6.45, 7) is 4.99. The van der Waals surface area contributed by atoms with Gasteiger partial charge in [0.1, 0.15) is 17.3 Å². The second-order valence-corrected chi connectivity index (χ2v) is 5.72. The average molecular weight is 348 g/mol. The maximum absolute atomic E-state index is 12.7. The summed E-state index contributed by atoms with van der Waals surface area (Å²) >= 11 is 0. The lowest BCUT2D eigenvalue weighted by atomic mass is 10.2. The number of methoxy groups -OCH3 is 1. The number of nitrogens with zero attached hydrogens (tertiary/aromatic N) is 1. The van der Waals surface area contributed by atoms with E-state index in [1.165, 1.54) is 0 Å². The van der Waals surface area contributed by atoms with Crippen LogP contribution in [0.15, 0.2) is 33.3 Å². The Bertz CT molecular complexity index is 690. The zero-order valence-electron chi connectivity index (χ0n) is 14.8. The van der Waals surface area contributed by atoms with Crippen molar-refractivity contribution in [1.82, 2.24) is 10.2 Å². The molecule has 2 heterocycles. The Morgan fingerprint density at radius 1 is 1.28 bits per heavy atom. The molecule has 25 heavy (non-hydrogen) atoms. The van der Waals surface area contributed by atoms with E-state index in [-0.39, 0.29) is 18.2 Å². The molecule has 136 valence electrons. The molecule has 0 saturated carbocycles. The van der Waals surface area contributed by atoms with Gasteiger partial charge >= 0.3 is 0 Å². The summed E-state index contributed by atoms with van der Waals surface area (Å²) < 4.78 is 15.7. The molecule has 0 aliphatic rings. The standard InChI is InChI=1S/C18H24N2O5/c1-13-11-16(14(2)25-13)18(22)20(8-10-23-3)7-6-17(21)19-12-15-5-4-9-24-15/h4-5,9,11H,6-8,10,12H2,1-3H3,(H,19,21). The summed E-state index contributed by atoms with van der Waals surface area (Å²) in [6, 6.07) is 5.27. The van der Waals surface area contributed by atoms with Crippen LogP contribution in [0.3, 0.4) is 0 Å². The van der Waals surface area contributed by atoms with Crippen LogP contribution in [0.1, 0.15) is 34.1 Å². The van der Waals surface area contributed by atoms with Gasteiger partial charge in [-0.25, -0.2) is 0 Å². The van der Waals surface area contributed by atoms with E-state index >= 15 is 0 Å². The number of carbonyl (C=O) groups excluding carboxylic acids is 2. The highest BCUT2D eigenvalue weighted by Gasteiger charge is 2.21. The summed E-state index contributed by atoms with van der Waals surface area (Å²) in [6.07, 6.45) is 1.76. The summed E-state index contributed by atoms with van der Waals surface area (Å²) in [7, 11) is 1.58. The van der Waals surface area contributed by atoms with E-state index in [0.29, 0.717) is 49.1 Å². The molecule has 2 rings (SSSR count). The second kappa shape index (κ2) is 9.08. The molecule has 0 aliphatic heterocycles. The van der Waals surface area contributed by atoms with Crippen molar-refractivity contribution in [3.05, 3.63) is 47.3 Å². The zero-order chi connectivity index (χ0) is 18.2. The van der Waals surface area contributed by atoms with Crippen LogP contribution in [0.4, 0.5) is 0 Å². The summed E-state index contributed by atoms with van der Waals surface area (Å²) in [5, 5.41) is 2.77. The molecule has 0 aliphatic carbocycles. The van der Waals surface area contributed by atoms with Gasteiger partial charge in [-0.05, 0) is 32.0 Å². The molecule has 0 aromatic carbocycles. The minimum absolute atomic E-state index is 0.147. The van der Waals surface area contributed by atoms with Crippen molar-refractivity contribution < 1.29 is 23.2 Å². The second-order valence-electron chi connectivity index (χ2n) is 5.72. The first kappa shape index (κ1) is 18.8. The number of carbonyl (C=O) groups is 2. The molecule has 2 aromatic rings. The number of hydrogen-bond acceptors (Lipinski definition) is 5. The lowest BCUT2D eigenvalue weighted by Gasteiger charge is -2.22. The van der Waals surface area contributed by atoms with Gasteiger partial charge in [0.15, 0.2) is 0 Å². The molecule has 0 radical (unpaired) electrons.